The van der Waals surface area contributed by atoms with Crippen LogP contribution < -0.4 is 0 Å². The molecular formula is C11H18N2OS2. The fraction of sp³-hybridized carbons (Fsp3) is 0.636. The maximum absolute atomic E-state index is 11.8. The van der Waals surface area contributed by atoms with Gasteiger partial charge < -0.3 is 4.90 Å². The Kier molecular flexibility index (Phi) is 4.80. The molecule has 0 saturated heterocycles. The van der Waals surface area contributed by atoms with Crippen LogP contribution in [0.4, 0.5) is 0 Å². The van der Waals surface area contributed by atoms with E-state index in [9.17, 15) is 4.79 Å². The second-order valence-electron chi connectivity index (χ2n) is 3.79. The molecule has 1 aromatic heterocycles. The van der Waals surface area contributed by atoms with Crippen molar-refractivity contribution in [3.63, 3.8) is 0 Å². The molecule has 0 aliphatic heterocycles. The van der Waals surface area contributed by atoms with Crippen LogP contribution in [0.2, 0.25) is 0 Å². The Morgan fingerprint density at radius 1 is 1.56 bits per heavy atom. The summed E-state index contributed by atoms with van der Waals surface area (Å²) in [6.45, 7) is 6.08. The van der Waals surface area contributed by atoms with Crippen molar-refractivity contribution in [1.82, 2.24) is 9.88 Å². The summed E-state index contributed by atoms with van der Waals surface area (Å²) >= 11 is 3.24. The maximum atomic E-state index is 11.8. The first-order valence-corrected chi connectivity index (χ1v) is 7.37. The smallest absolute Gasteiger partial charge is 0.232 e. The van der Waals surface area contributed by atoms with E-state index in [2.05, 4.69) is 11.9 Å². The molecule has 0 radical (unpaired) electrons. The number of rotatable bonds is 4. The van der Waals surface area contributed by atoms with Gasteiger partial charge in [-0.1, -0.05) is 0 Å². The standard InChI is InChI=1S/C11H18N2OS2/c1-7(13(4)10(14)6-15-5)11-8(2)16-9(3)12-11/h7H,6H2,1-5H3. The fourth-order valence-electron chi connectivity index (χ4n) is 1.56. The van der Waals surface area contributed by atoms with E-state index in [1.165, 1.54) is 4.88 Å². The number of hydrogen-bond donors (Lipinski definition) is 0. The second kappa shape index (κ2) is 5.68. The number of aromatic nitrogens is 1. The van der Waals surface area contributed by atoms with Gasteiger partial charge >= 0.3 is 0 Å². The number of thiazole rings is 1. The number of carbonyl (C=O) groups excluding carboxylic acids is 1. The van der Waals surface area contributed by atoms with Crippen molar-refractivity contribution in [2.45, 2.75) is 26.8 Å². The lowest BCUT2D eigenvalue weighted by atomic mass is 10.2. The van der Waals surface area contributed by atoms with Crippen molar-refractivity contribution in [1.29, 1.82) is 0 Å². The van der Waals surface area contributed by atoms with Gasteiger partial charge in [0.15, 0.2) is 0 Å². The van der Waals surface area contributed by atoms with Crippen LogP contribution in [0.25, 0.3) is 0 Å². The van der Waals surface area contributed by atoms with E-state index in [1.807, 2.05) is 27.2 Å². The van der Waals surface area contributed by atoms with Gasteiger partial charge in [0.2, 0.25) is 5.91 Å². The van der Waals surface area contributed by atoms with E-state index in [1.54, 1.807) is 28.0 Å². The van der Waals surface area contributed by atoms with Gasteiger partial charge in [-0.05, 0) is 27.0 Å². The molecule has 5 heteroatoms. The third-order valence-electron chi connectivity index (χ3n) is 2.58. The van der Waals surface area contributed by atoms with Crippen molar-refractivity contribution < 1.29 is 4.79 Å². The highest BCUT2D eigenvalue weighted by molar-refractivity contribution is 7.99. The molecular weight excluding hydrogens is 240 g/mol. The Morgan fingerprint density at radius 3 is 2.62 bits per heavy atom. The molecule has 1 aromatic rings. The van der Waals surface area contributed by atoms with Gasteiger partial charge in [0.25, 0.3) is 0 Å². The largest absolute Gasteiger partial charge is 0.337 e. The van der Waals surface area contributed by atoms with E-state index in [-0.39, 0.29) is 11.9 Å². The highest BCUT2D eigenvalue weighted by Gasteiger charge is 2.20. The third-order valence-corrected chi connectivity index (χ3v) is 4.01. The van der Waals surface area contributed by atoms with E-state index in [0.29, 0.717) is 5.75 Å². The number of amides is 1. The molecule has 0 saturated carbocycles. The topological polar surface area (TPSA) is 33.2 Å². The van der Waals surface area contributed by atoms with Crippen molar-refractivity contribution >= 4 is 29.0 Å². The summed E-state index contributed by atoms with van der Waals surface area (Å²) in [5, 5.41) is 1.06. The van der Waals surface area contributed by atoms with Crippen LogP contribution in [0.5, 0.6) is 0 Å². The van der Waals surface area contributed by atoms with Crippen LogP contribution in [0.1, 0.15) is 28.5 Å². The van der Waals surface area contributed by atoms with E-state index in [4.69, 9.17) is 0 Å². The first-order valence-electron chi connectivity index (χ1n) is 5.16. The maximum Gasteiger partial charge on any atom is 0.232 e. The minimum absolute atomic E-state index is 0.0598. The minimum atomic E-state index is 0.0598. The van der Waals surface area contributed by atoms with Gasteiger partial charge in [0.05, 0.1) is 22.5 Å². The van der Waals surface area contributed by atoms with E-state index >= 15 is 0 Å². The SMILES string of the molecule is CSCC(=O)N(C)C(C)c1nc(C)sc1C. The predicted molar refractivity (Wildman–Crippen MR) is 71.2 cm³/mol. The van der Waals surface area contributed by atoms with E-state index in [0.717, 1.165) is 10.7 Å². The third kappa shape index (κ3) is 2.98. The first-order chi connectivity index (χ1) is 7.47. The molecule has 16 heavy (non-hydrogen) atoms. The molecule has 0 fully saturated rings. The average Bonchev–Trinajstić information content (AvgIpc) is 2.56. The Hall–Kier alpha value is -0.550. The zero-order valence-corrected chi connectivity index (χ0v) is 12.0. The summed E-state index contributed by atoms with van der Waals surface area (Å²) in [5.74, 6) is 0.688. The fourth-order valence-corrected chi connectivity index (χ4v) is 2.92. The van der Waals surface area contributed by atoms with Crippen molar-refractivity contribution in [3.05, 3.63) is 15.6 Å². The second-order valence-corrected chi connectivity index (χ2v) is 6.06. The number of nitrogens with zero attached hydrogens (tertiary/aromatic N) is 2. The number of carbonyl (C=O) groups is 1. The van der Waals surface area contributed by atoms with Crippen LogP contribution in [0, 0.1) is 13.8 Å². The summed E-state index contributed by atoms with van der Waals surface area (Å²) in [6, 6.07) is 0.0598. The van der Waals surface area contributed by atoms with Gasteiger partial charge in [-0.15, -0.1) is 11.3 Å². The number of aryl methyl sites for hydroxylation is 2. The van der Waals surface area contributed by atoms with Crippen LogP contribution in [-0.2, 0) is 4.79 Å². The highest BCUT2D eigenvalue weighted by Crippen LogP contribution is 2.26. The number of hydrogen-bond acceptors (Lipinski definition) is 4. The number of thioether (sulfide) groups is 1. The molecule has 0 aliphatic rings. The Labute approximate surface area is 105 Å². The van der Waals surface area contributed by atoms with Gasteiger partial charge in [-0.2, -0.15) is 11.8 Å². The quantitative estimate of drug-likeness (QED) is 0.832. The molecule has 0 N–H and O–H groups in total. The van der Waals surface area contributed by atoms with Crippen LogP contribution in [-0.4, -0.2) is 34.8 Å². The highest BCUT2D eigenvalue weighted by atomic mass is 32.2. The molecule has 1 amide bonds. The summed E-state index contributed by atoms with van der Waals surface area (Å²) in [4.78, 5) is 19.2. The zero-order chi connectivity index (χ0) is 12.3. The minimum Gasteiger partial charge on any atom is -0.337 e. The normalized spacial score (nSPS) is 12.6. The lowest BCUT2D eigenvalue weighted by molar-refractivity contribution is -0.129. The van der Waals surface area contributed by atoms with Gasteiger partial charge in [0, 0.05) is 11.9 Å². The lowest BCUT2D eigenvalue weighted by Crippen LogP contribution is -2.31. The summed E-state index contributed by atoms with van der Waals surface area (Å²) in [6.07, 6.45) is 1.94. The van der Waals surface area contributed by atoms with Crippen molar-refractivity contribution in [2.24, 2.45) is 0 Å². The summed E-state index contributed by atoms with van der Waals surface area (Å²) in [5.41, 5.74) is 1.03. The Balaban J connectivity index is 2.81. The molecule has 1 unspecified atom stereocenters. The van der Waals surface area contributed by atoms with Gasteiger partial charge in [-0.25, -0.2) is 4.98 Å². The van der Waals surface area contributed by atoms with Crippen LogP contribution >= 0.6 is 23.1 Å². The lowest BCUT2D eigenvalue weighted by Gasteiger charge is -2.24. The molecule has 0 bridgehead atoms. The van der Waals surface area contributed by atoms with Crippen molar-refractivity contribution in [3.8, 4) is 0 Å². The molecule has 3 nitrogen and oxygen atoms in total. The first kappa shape index (κ1) is 13.5. The van der Waals surface area contributed by atoms with Gasteiger partial charge in [-0.3, -0.25) is 4.79 Å². The zero-order valence-electron chi connectivity index (χ0n) is 10.4. The van der Waals surface area contributed by atoms with Crippen LogP contribution in [0.3, 0.4) is 0 Å². The monoisotopic (exact) mass is 258 g/mol. The molecule has 1 heterocycles. The predicted octanol–water partition coefficient (Wildman–Crippen LogP) is 2.64. The molecule has 0 spiro atoms. The van der Waals surface area contributed by atoms with Gasteiger partial charge in [0.1, 0.15) is 0 Å². The molecule has 0 aliphatic carbocycles. The summed E-state index contributed by atoms with van der Waals surface area (Å²) in [7, 11) is 1.84. The average molecular weight is 258 g/mol. The Bertz CT molecular complexity index is 376. The van der Waals surface area contributed by atoms with Crippen LogP contribution in [0.15, 0.2) is 0 Å². The molecule has 90 valence electrons. The molecule has 0 aromatic carbocycles. The van der Waals surface area contributed by atoms with Crippen molar-refractivity contribution in [2.75, 3.05) is 19.1 Å². The Morgan fingerprint density at radius 2 is 2.19 bits per heavy atom. The summed E-state index contributed by atoms with van der Waals surface area (Å²) < 4.78 is 0. The van der Waals surface area contributed by atoms with E-state index < -0.39 is 0 Å². The molecule has 1 atom stereocenters. The molecule has 1 rings (SSSR count).